The molecule has 0 bridgehead atoms. The molecule has 358 valence electrons. The summed E-state index contributed by atoms with van der Waals surface area (Å²) >= 11 is 0. The van der Waals surface area contributed by atoms with Crippen LogP contribution in [0.3, 0.4) is 0 Å². The summed E-state index contributed by atoms with van der Waals surface area (Å²) in [6, 6.07) is 0. The Morgan fingerprint density at radius 2 is 1.10 bits per heavy atom. The molecule has 0 radical (unpaired) electrons. The number of unbranched alkanes of at least 4 members (excludes halogenated alkanes) is 6. The van der Waals surface area contributed by atoms with Gasteiger partial charge in [0.2, 0.25) is 0 Å². The molecule has 0 fully saturated rings. The van der Waals surface area contributed by atoms with Gasteiger partial charge < -0.3 is 39.5 Å². The average molecular weight is 929 g/mol. The third kappa shape index (κ3) is 43.7. The Bertz CT molecular complexity index is 1560. The Labute approximate surface area is 375 Å². The van der Waals surface area contributed by atoms with Gasteiger partial charge in [-0.05, 0) is 70.6 Å². The number of carbonyl (C=O) groups is 2. The highest BCUT2D eigenvalue weighted by Gasteiger charge is 2.28. The summed E-state index contributed by atoms with van der Waals surface area (Å²) in [5, 5.41) is 29.7. The molecule has 0 aromatic heterocycles. The minimum absolute atomic E-state index is 0.00192. The van der Waals surface area contributed by atoms with E-state index in [9.17, 15) is 38.9 Å². The van der Waals surface area contributed by atoms with Crippen molar-refractivity contribution < 1.29 is 71.8 Å². The molecule has 0 spiro atoms. The molecule has 0 aromatic rings. The third-order valence-corrected chi connectivity index (χ3v) is 9.76. The first-order valence-corrected chi connectivity index (χ1v) is 24.8. The number of rotatable bonds is 39. The lowest BCUT2D eigenvalue weighted by atomic mass is 10.1. The monoisotopic (exact) mass is 928 g/mol. The number of aliphatic hydroxyl groups is 3. The van der Waals surface area contributed by atoms with E-state index >= 15 is 0 Å². The molecule has 15 nitrogen and oxygen atoms in total. The van der Waals surface area contributed by atoms with Gasteiger partial charge >= 0.3 is 27.6 Å². The number of ether oxygens (including phenoxy) is 2. The minimum atomic E-state index is -4.89. The first kappa shape index (κ1) is 59.7. The molecule has 0 aliphatic carbocycles. The summed E-state index contributed by atoms with van der Waals surface area (Å²) in [6.07, 6.45) is 41.6. The number of aliphatic hydroxyl groups excluding tert-OH is 3. The highest BCUT2D eigenvalue weighted by atomic mass is 31.2. The topological polar surface area (TPSA) is 236 Å². The molecule has 0 heterocycles. The van der Waals surface area contributed by atoms with Gasteiger partial charge in [0, 0.05) is 12.8 Å². The molecule has 0 aliphatic heterocycles. The summed E-state index contributed by atoms with van der Waals surface area (Å²) in [5.74, 6) is -1.25. The zero-order valence-electron chi connectivity index (χ0n) is 37.1. The van der Waals surface area contributed by atoms with Crippen LogP contribution in [0, 0.1) is 0 Å². The lowest BCUT2D eigenvalue weighted by molar-refractivity contribution is -0.161. The second-order valence-corrected chi connectivity index (χ2v) is 16.9. The predicted molar refractivity (Wildman–Crippen MR) is 246 cm³/mol. The molecular weight excluding hydrogens is 854 g/mol. The van der Waals surface area contributed by atoms with Crippen molar-refractivity contribution in [2.45, 2.75) is 141 Å². The number of hydrogen-bond donors (Lipinski definition) is 6. The van der Waals surface area contributed by atoms with Gasteiger partial charge in [-0.15, -0.1) is 0 Å². The maximum atomic E-state index is 12.7. The smallest absolute Gasteiger partial charge is 0.462 e. The number of phosphoric acid groups is 2. The summed E-state index contributed by atoms with van der Waals surface area (Å²) in [6.45, 7) is 1.19. The maximum Gasteiger partial charge on any atom is 0.472 e. The van der Waals surface area contributed by atoms with E-state index in [0.29, 0.717) is 32.1 Å². The van der Waals surface area contributed by atoms with Gasteiger partial charge in [-0.1, -0.05) is 142 Å². The third-order valence-electron chi connectivity index (χ3n) is 8.32. The van der Waals surface area contributed by atoms with Crippen LogP contribution in [0.5, 0.6) is 0 Å². The Morgan fingerprint density at radius 1 is 0.540 bits per heavy atom. The van der Waals surface area contributed by atoms with E-state index < -0.39 is 78.4 Å². The Kier molecular flexibility index (Phi) is 38.1. The highest BCUT2D eigenvalue weighted by molar-refractivity contribution is 7.47. The first-order chi connectivity index (χ1) is 30.2. The van der Waals surface area contributed by atoms with Crippen LogP contribution in [0.1, 0.15) is 117 Å². The van der Waals surface area contributed by atoms with Crippen molar-refractivity contribution in [3.8, 4) is 0 Å². The van der Waals surface area contributed by atoms with Gasteiger partial charge in [-0.2, -0.15) is 0 Å². The average Bonchev–Trinajstić information content (AvgIpc) is 3.23. The first-order valence-electron chi connectivity index (χ1n) is 21.8. The van der Waals surface area contributed by atoms with Crippen molar-refractivity contribution in [1.29, 1.82) is 0 Å². The van der Waals surface area contributed by atoms with Crippen molar-refractivity contribution in [3.05, 3.63) is 109 Å². The Hall–Kier alpha value is -3.30. The molecule has 0 saturated heterocycles. The molecular formula is C46H74O15P2. The van der Waals surface area contributed by atoms with Gasteiger partial charge in [0.1, 0.15) is 12.7 Å². The Morgan fingerprint density at radius 3 is 1.79 bits per heavy atom. The predicted octanol–water partition coefficient (Wildman–Crippen LogP) is 9.05. The van der Waals surface area contributed by atoms with Crippen molar-refractivity contribution in [2.75, 3.05) is 26.4 Å². The van der Waals surface area contributed by atoms with Crippen LogP contribution in [0.2, 0.25) is 0 Å². The van der Waals surface area contributed by atoms with E-state index in [1.807, 2.05) is 43.4 Å². The SMILES string of the molecule is CC/C=C\C/C=C\C/C=C\CCCCCCCC(=O)O[C@H](COC(=O)CCC/C=C\[C@H](O)/C=C/C=C\C/C=C\C=C\[C@H](O)C/C=C\CC)COP(=O)(O)OC[C@@H](O)COP(=O)(O)O. The number of phosphoric ester groups is 2. The number of carbonyl (C=O) groups excluding carboxylic acids is 2. The molecule has 0 rings (SSSR count). The van der Waals surface area contributed by atoms with Crippen LogP contribution in [0.15, 0.2) is 109 Å². The summed E-state index contributed by atoms with van der Waals surface area (Å²) in [5.41, 5.74) is 0. The minimum Gasteiger partial charge on any atom is -0.462 e. The second kappa shape index (κ2) is 40.2. The number of allylic oxidation sites excluding steroid dienone is 14. The molecule has 63 heavy (non-hydrogen) atoms. The molecule has 1 unspecified atom stereocenters. The lowest BCUT2D eigenvalue weighted by Gasteiger charge is -2.20. The van der Waals surface area contributed by atoms with Crippen LogP contribution in [0.25, 0.3) is 0 Å². The molecule has 0 aliphatic rings. The van der Waals surface area contributed by atoms with E-state index in [2.05, 4.69) is 52.4 Å². The molecule has 6 N–H and O–H groups in total. The van der Waals surface area contributed by atoms with Crippen LogP contribution in [-0.2, 0) is 41.8 Å². The van der Waals surface area contributed by atoms with Gasteiger partial charge in [0.25, 0.3) is 0 Å². The fourth-order valence-corrected chi connectivity index (χ4v) is 6.20. The standard InChI is InChI=1S/C46H74O15P2/c1-3-5-7-8-9-10-11-12-13-14-15-16-20-23-29-36-46(51)61-44(40-60-63(55,56)59-38-43(49)37-58-62(52,53)54)39-57-45(50)35-30-24-28-34-42(48)33-27-22-19-17-18-21-26-32-41(47)31-25-6-4-2/h5-7,9-10,12-13,18-19,21-22,25-28,32-34,41-44,47-49H,3-4,8,11,14-17,20,23-24,29-31,35-40H2,1-2H3,(H,55,56)(H2,52,53,54)/b7-5-,10-9-,13-12-,21-18-,22-19-,25-6-,32-26+,33-27+,34-28-/t41-,42-,43+,44-/m1/s1. The van der Waals surface area contributed by atoms with Crippen molar-refractivity contribution in [3.63, 3.8) is 0 Å². The number of hydrogen-bond acceptors (Lipinski definition) is 12. The van der Waals surface area contributed by atoms with E-state index in [-0.39, 0.29) is 12.8 Å². The molecule has 0 amide bonds. The quantitative estimate of drug-likeness (QED) is 0.0111. The van der Waals surface area contributed by atoms with Gasteiger partial charge in [-0.25, -0.2) is 9.13 Å². The summed E-state index contributed by atoms with van der Waals surface area (Å²) < 4.78 is 47.6. The second-order valence-electron chi connectivity index (χ2n) is 14.3. The fourth-order valence-electron chi connectivity index (χ4n) is 5.04. The zero-order valence-corrected chi connectivity index (χ0v) is 38.9. The molecule has 17 heteroatoms. The van der Waals surface area contributed by atoms with Crippen LogP contribution in [0.4, 0.5) is 0 Å². The van der Waals surface area contributed by atoms with E-state index in [1.54, 1.807) is 36.5 Å². The van der Waals surface area contributed by atoms with Crippen LogP contribution in [-0.4, -0.2) is 92.8 Å². The van der Waals surface area contributed by atoms with Crippen LogP contribution >= 0.6 is 15.6 Å². The molecule has 0 saturated carbocycles. The van der Waals surface area contributed by atoms with Crippen molar-refractivity contribution >= 4 is 27.6 Å². The highest BCUT2D eigenvalue weighted by Crippen LogP contribution is 2.43. The summed E-state index contributed by atoms with van der Waals surface area (Å²) in [7, 11) is -9.76. The maximum absolute atomic E-state index is 12.7. The lowest BCUT2D eigenvalue weighted by Crippen LogP contribution is -2.30. The Balaban J connectivity index is 4.79. The van der Waals surface area contributed by atoms with Crippen LogP contribution < -0.4 is 0 Å². The molecule has 5 atom stereocenters. The fraction of sp³-hybridized carbons (Fsp3) is 0.565. The zero-order chi connectivity index (χ0) is 46.9. The normalized spacial score (nSPS) is 16.0. The van der Waals surface area contributed by atoms with E-state index in [1.165, 1.54) is 0 Å². The van der Waals surface area contributed by atoms with Crippen molar-refractivity contribution in [1.82, 2.24) is 0 Å². The number of esters is 2. The largest absolute Gasteiger partial charge is 0.472 e. The van der Waals surface area contributed by atoms with E-state index in [4.69, 9.17) is 23.8 Å². The summed E-state index contributed by atoms with van der Waals surface area (Å²) in [4.78, 5) is 52.7. The van der Waals surface area contributed by atoms with E-state index in [0.717, 1.165) is 57.8 Å². The van der Waals surface area contributed by atoms with Gasteiger partial charge in [0.05, 0.1) is 32.0 Å². The molecule has 0 aromatic carbocycles. The van der Waals surface area contributed by atoms with Gasteiger partial charge in [0.15, 0.2) is 6.10 Å². The van der Waals surface area contributed by atoms with Crippen molar-refractivity contribution in [2.24, 2.45) is 0 Å². The van der Waals surface area contributed by atoms with Gasteiger partial charge in [-0.3, -0.25) is 23.2 Å².